The molecule has 8 aromatic carbocycles. The van der Waals surface area contributed by atoms with E-state index in [1.807, 2.05) is 36.4 Å². The molecule has 0 saturated carbocycles. The number of hydrogen-bond acceptors (Lipinski definition) is 4. The summed E-state index contributed by atoms with van der Waals surface area (Å²) in [7, 11) is 0. The van der Waals surface area contributed by atoms with Crippen LogP contribution < -0.4 is 0 Å². The molecule has 0 fully saturated rings. The number of fused-ring (bicyclic) bond motifs is 6. The zero-order valence-corrected chi connectivity index (χ0v) is 33.5. The van der Waals surface area contributed by atoms with Crippen molar-refractivity contribution in [3.05, 3.63) is 218 Å². The predicted molar refractivity (Wildman–Crippen MR) is 253 cm³/mol. The van der Waals surface area contributed by atoms with E-state index in [1.165, 1.54) is 10.8 Å². The molecule has 0 spiro atoms. The third-order valence-corrected chi connectivity index (χ3v) is 11.8. The highest BCUT2D eigenvalue weighted by Gasteiger charge is 2.22. The van der Waals surface area contributed by atoms with Gasteiger partial charge in [0.15, 0.2) is 11.6 Å². The van der Waals surface area contributed by atoms with Crippen LogP contribution in [0.15, 0.2) is 218 Å². The SMILES string of the molecule is c1ccc(-c2cccc(-c3cccc4c5ccccc5n(-c5nc(-c6ccccc6)nc(-c6ccc(-c7ccccc7)c(-n7c8ccccc8c8ccccc87)c6)n5)c34)n2)cc1. The molecule has 0 N–H and O–H groups in total. The average Bonchev–Trinajstić information content (AvgIpc) is 3.88. The van der Waals surface area contributed by atoms with Crippen molar-refractivity contribution < 1.29 is 0 Å². The van der Waals surface area contributed by atoms with E-state index in [2.05, 4.69) is 191 Å². The second-order valence-corrected chi connectivity index (χ2v) is 15.4. The number of nitrogens with zero attached hydrogens (tertiary/aromatic N) is 6. The van der Waals surface area contributed by atoms with Crippen molar-refractivity contribution in [3.63, 3.8) is 0 Å². The summed E-state index contributed by atoms with van der Waals surface area (Å²) in [6.07, 6.45) is 0. The molecule has 0 aliphatic carbocycles. The van der Waals surface area contributed by atoms with Crippen LogP contribution in [0.5, 0.6) is 0 Å². The first-order chi connectivity index (χ1) is 30.8. The molecule has 0 aliphatic rings. The minimum absolute atomic E-state index is 0.525. The third kappa shape index (κ3) is 5.88. The van der Waals surface area contributed by atoms with Crippen molar-refractivity contribution in [1.29, 1.82) is 0 Å². The number of aromatic nitrogens is 6. The molecule has 12 rings (SSSR count). The van der Waals surface area contributed by atoms with Gasteiger partial charge in [0.1, 0.15) is 0 Å². The summed E-state index contributed by atoms with van der Waals surface area (Å²) in [4.78, 5) is 21.2. The van der Waals surface area contributed by atoms with E-state index in [1.54, 1.807) is 0 Å². The summed E-state index contributed by atoms with van der Waals surface area (Å²) in [5, 5.41) is 4.60. The molecule has 0 unspecified atom stereocenters. The van der Waals surface area contributed by atoms with Gasteiger partial charge < -0.3 is 4.57 Å². The highest BCUT2D eigenvalue weighted by Crippen LogP contribution is 2.40. The van der Waals surface area contributed by atoms with Crippen LogP contribution in [0.2, 0.25) is 0 Å². The number of hydrogen-bond donors (Lipinski definition) is 0. The lowest BCUT2D eigenvalue weighted by Gasteiger charge is -2.17. The molecule has 0 radical (unpaired) electrons. The van der Waals surface area contributed by atoms with Crippen molar-refractivity contribution in [3.8, 4) is 68.1 Å². The quantitative estimate of drug-likeness (QED) is 0.161. The van der Waals surface area contributed by atoms with Gasteiger partial charge in [0, 0.05) is 49.4 Å². The maximum absolute atomic E-state index is 5.43. The van der Waals surface area contributed by atoms with Crippen LogP contribution in [0.1, 0.15) is 0 Å². The maximum Gasteiger partial charge on any atom is 0.238 e. The number of benzene rings is 8. The summed E-state index contributed by atoms with van der Waals surface area (Å²) in [5.74, 6) is 1.68. The van der Waals surface area contributed by atoms with Crippen LogP contribution in [0.3, 0.4) is 0 Å². The minimum atomic E-state index is 0.525. The second kappa shape index (κ2) is 14.7. The Morgan fingerprint density at radius 1 is 0.290 bits per heavy atom. The van der Waals surface area contributed by atoms with E-state index in [0.717, 1.165) is 83.3 Å². The van der Waals surface area contributed by atoms with Gasteiger partial charge in [0.25, 0.3) is 0 Å². The Morgan fingerprint density at radius 3 is 1.45 bits per heavy atom. The molecule has 6 nitrogen and oxygen atoms in total. The van der Waals surface area contributed by atoms with Gasteiger partial charge in [0.2, 0.25) is 5.95 Å². The van der Waals surface area contributed by atoms with Crippen LogP contribution in [0, 0.1) is 0 Å². The van der Waals surface area contributed by atoms with Crippen LogP contribution >= 0.6 is 0 Å². The number of pyridine rings is 1. The number of rotatable bonds is 7. The van der Waals surface area contributed by atoms with Gasteiger partial charge in [-0.3, -0.25) is 4.57 Å². The molecule has 4 aromatic heterocycles. The van der Waals surface area contributed by atoms with Crippen LogP contribution in [-0.4, -0.2) is 29.1 Å². The lowest BCUT2D eigenvalue weighted by Crippen LogP contribution is -2.07. The predicted octanol–water partition coefficient (Wildman–Crippen LogP) is 13.8. The second-order valence-electron chi connectivity index (χ2n) is 15.4. The lowest BCUT2D eigenvalue weighted by atomic mass is 10.0. The van der Waals surface area contributed by atoms with Gasteiger partial charge in [-0.1, -0.05) is 182 Å². The Balaban J connectivity index is 1.13. The van der Waals surface area contributed by atoms with Crippen molar-refractivity contribution in [1.82, 2.24) is 29.1 Å². The molecule has 0 saturated heterocycles. The van der Waals surface area contributed by atoms with E-state index in [4.69, 9.17) is 19.9 Å². The molecule has 0 bridgehead atoms. The Labute approximate surface area is 357 Å². The fraction of sp³-hybridized carbons (Fsp3) is 0. The van der Waals surface area contributed by atoms with E-state index in [-0.39, 0.29) is 0 Å². The molecule has 0 aliphatic heterocycles. The van der Waals surface area contributed by atoms with Gasteiger partial charge >= 0.3 is 0 Å². The topological polar surface area (TPSA) is 61.4 Å². The van der Waals surface area contributed by atoms with Gasteiger partial charge in [0.05, 0.1) is 39.1 Å². The van der Waals surface area contributed by atoms with Gasteiger partial charge in [-0.15, -0.1) is 0 Å². The first-order valence-electron chi connectivity index (χ1n) is 20.8. The highest BCUT2D eigenvalue weighted by molar-refractivity contribution is 6.13. The molecule has 0 amide bonds. The van der Waals surface area contributed by atoms with Crippen LogP contribution in [-0.2, 0) is 0 Å². The smallest absolute Gasteiger partial charge is 0.238 e. The molecule has 6 heteroatoms. The molecule has 0 atom stereocenters. The van der Waals surface area contributed by atoms with Crippen molar-refractivity contribution in [2.24, 2.45) is 0 Å². The van der Waals surface area contributed by atoms with E-state index in [9.17, 15) is 0 Å². The Bertz CT molecular complexity index is 3570. The largest absolute Gasteiger partial charge is 0.309 e. The van der Waals surface area contributed by atoms with Gasteiger partial charge in [-0.2, -0.15) is 9.97 Å². The highest BCUT2D eigenvalue weighted by atomic mass is 15.2. The summed E-state index contributed by atoms with van der Waals surface area (Å²) in [5.41, 5.74) is 13.1. The summed E-state index contributed by atoms with van der Waals surface area (Å²) in [6, 6.07) is 76.1. The standard InChI is InChI=1S/C56H36N6/c1-4-18-37(19-5-1)41-35-34-40(36-52(41)61-49-31-13-10-24-42(49)43-25-11-14-32-50(43)61)55-58-54(39-22-8-3-9-23-39)59-56(60-55)62-51-33-15-12-26-44(51)45-27-16-28-46(53(45)62)48-30-17-29-47(57-48)38-20-6-2-7-21-38/h1-36H. The van der Waals surface area contributed by atoms with Crippen molar-refractivity contribution in [2.45, 2.75) is 0 Å². The average molecular weight is 793 g/mol. The Hall–Kier alpha value is -8.48. The first-order valence-corrected chi connectivity index (χ1v) is 20.8. The van der Waals surface area contributed by atoms with E-state index in [0.29, 0.717) is 17.6 Å². The fourth-order valence-corrected chi connectivity index (χ4v) is 9.00. The normalized spacial score (nSPS) is 11.5. The Kier molecular flexibility index (Phi) is 8.38. The molecule has 4 heterocycles. The maximum atomic E-state index is 5.43. The van der Waals surface area contributed by atoms with Gasteiger partial charge in [-0.25, -0.2) is 9.97 Å². The molecule has 12 aromatic rings. The first kappa shape index (κ1) is 35.5. The van der Waals surface area contributed by atoms with Crippen molar-refractivity contribution in [2.75, 3.05) is 0 Å². The fourth-order valence-electron chi connectivity index (χ4n) is 9.00. The van der Waals surface area contributed by atoms with Gasteiger partial charge in [-0.05, 0) is 42.0 Å². The Morgan fingerprint density at radius 2 is 0.790 bits per heavy atom. The van der Waals surface area contributed by atoms with Crippen molar-refractivity contribution >= 4 is 43.6 Å². The summed E-state index contributed by atoms with van der Waals surface area (Å²) in [6.45, 7) is 0. The minimum Gasteiger partial charge on any atom is -0.309 e. The van der Waals surface area contributed by atoms with Crippen LogP contribution in [0.25, 0.3) is 112 Å². The zero-order valence-electron chi connectivity index (χ0n) is 33.5. The van der Waals surface area contributed by atoms with Crippen LogP contribution in [0.4, 0.5) is 0 Å². The third-order valence-electron chi connectivity index (χ3n) is 11.8. The summed E-state index contributed by atoms with van der Waals surface area (Å²) >= 11 is 0. The lowest BCUT2D eigenvalue weighted by molar-refractivity contribution is 0.953. The molecular formula is C56H36N6. The molecule has 62 heavy (non-hydrogen) atoms. The molecular weight excluding hydrogens is 757 g/mol. The zero-order chi connectivity index (χ0) is 41.0. The van der Waals surface area contributed by atoms with E-state index < -0.39 is 0 Å². The number of para-hydroxylation sites is 4. The molecule has 290 valence electrons. The summed E-state index contributed by atoms with van der Waals surface area (Å²) < 4.78 is 4.58. The monoisotopic (exact) mass is 792 g/mol. The van der Waals surface area contributed by atoms with E-state index >= 15 is 0 Å².